The highest BCUT2D eigenvalue weighted by molar-refractivity contribution is 14.1. The van der Waals surface area contributed by atoms with Crippen molar-refractivity contribution < 1.29 is 23.5 Å². The quantitative estimate of drug-likeness (QED) is 0.300. The molecule has 1 unspecified atom stereocenters. The van der Waals surface area contributed by atoms with Gasteiger partial charge in [0.05, 0.1) is 18.3 Å². The van der Waals surface area contributed by atoms with Crippen molar-refractivity contribution in [2.24, 2.45) is 5.92 Å². The van der Waals surface area contributed by atoms with Crippen LogP contribution in [-0.4, -0.2) is 48.3 Å². The number of likely N-dealkylation sites (tertiary alicyclic amines) is 1. The number of methoxy groups -OCH3 is 1. The van der Waals surface area contributed by atoms with E-state index in [1.807, 2.05) is 0 Å². The standard InChI is InChI=1S/C23H31BrFIN2O4/c1-22(2,3)32-21(30)28-13-16(31-4)12-19(28)20(29)27-18-11-15(7-8-17(18)25)23(24,26)10-9-14-5-6-14/h7-8,11,14,16,19H,5-6,9-10,12-13H2,1-4H3,(H,27,29)/t16-,19-,23?/m1/s1. The topological polar surface area (TPSA) is 67.9 Å². The second-order valence-electron chi connectivity index (χ2n) is 9.61. The van der Waals surface area contributed by atoms with E-state index >= 15 is 0 Å². The third-order valence-electron chi connectivity index (χ3n) is 5.74. The summed E-state index contributed by atoms with van der Waals surface area (Å²) in [5.74, 6) is -0.191. The maximum Gasteiger partial charge on any atom is 0.411 e. The normalized spacial score (nSPS) is 23.0. The largest absolute Gasteiger partial charge is 0.444 e. The molecule has 0 aromatic heterocycles. The van der Waals surface area contributed by atoms with Crippen LogP contribution in [0.4, 0.5) is 14.9 Å². The molecular weight excluding hydrogens is 594 g/mol. The number of alkyl halides is 2. The molecule has 1 aliphatic carbocycles. The molecule has 1 saturated heterocycles. The molecule has 1 heterocycles. The lowest BCUT2D eigenvalue weighted by molar-refractivity contribution is -0.120. The Bertz CT molecular complexity index is 857. The van der Waals surface area contributed by atoms with Crippen molar-refractivity contribution in [3.8, 4) is 0 Å². The van der Waals surface area contributed by atoms with Crippen LogP contribution in [0, 0.1) is 11.7 Å². The molecule has 2 aliphatic rings. The van der Waals surface area contributed by atoms with Crippen molar-refractivity contribution >= 4 is 56.2 Å². The zero-order valence-electron chi connectivity index (χ0n) is 18.9. The van der Waals surface area contributed by atoms with Gasteiger partial charge in [0, 0.05) is 13.5 Å². The predicted octanol–water partition coefficient (Wildman–Crippen LogP) is 5.96. The van der Waals surface area contributed by atoms with Gasteiger partial charge in [-0.3, -0.25) is 9.69 Å². The van der Waals surface area contributed by atoms with Crippen molar-refractivity contribution in [3.05, 3.63) is 29.6 Å². The van der Waals surface area contributed by atoms with E-state index in [9.17, 15) is 14.0 Å². The Morgan fingerprint density at radius 3 is 2.59 bits per heavy atom. The lowest BCUT2D eigenvalue weighted by Gasteiger charge is -2.28. The molecule has 2 fully saturated rings. The van der Waals surface area contributed by atoms with Gasteiger partial charge in [0.2, 0.25) is 5.91 Å². The monoisotopic (exact) mass is 624 g/mol. The number of halogens is 3. The van der Waals surface area contributed by atoms with E-state index in [4.69, 9.17) is 9.47 Å². The third-order valence-corrected chi connectivity index (χ3v) is 7.75. The smallest absolute Gasteiger partial charge is 0.411 e. The van der Waals surface area contributed by atoms with Crippen LogP contribution in [0.25, 0.3) is 0 Å². The summed E-state index contributed by atoms with van der Waals surface area (Å²) in [5.41, 5.74) is 0.300. The van der Waals surface area contributed by atoms with Crippen LogP contribution in [0.15, 0.2) is 18.2 Å². The number of ether oxygens (including phenoxy) is 2. The number of amides is 2. The zero-order chi connectivity index (χ0) is 23.7. The summed E-state index contributed by atoms with van der Waals surface area (Å²) in [6.07, 6.45) is 4.03. The molecular formula is C23H31BrFIN2O4. The molecule has 1 N–H and O–H groups in total. The van der Waals surface area contributed by atoms with Crippen molar-refractivity contribution in [2.45, 2.75) is 73.0 Å². The van der Waals surface area contributed by atoms with Gasteiger partial charge in [-0.1, -0.05) is 57.4 Å². The number of hydrogen-bond acceptors (Lipinski definition) is 4. The molecule has 1 aromatic carbocycles. The van der Waals surface area contributed by atoms with Gasteiger partial charge in [0.25, 0.3) is 0 Å². The first kappa shape index (κ1) is 25.7. The predicted molar refractivity (Wildman–Crippen MR) is 134 cm³/mol. The summed E-state index contributed by atoms with van der Waals surface area (Å²) < 4.78 is 25.1. The molecule has 178 valence electrons. The number of nitrogens with one attached hydrogen (secondary N) is 1. The van der Waals surface area contributed by atoms with E-state index in [1.165, 1.54) is 23.8 Å². The maximum absolute atomic E-state index is 14.6. The van der Waals surface area contributed by atoms with Crippen LogP contribution in [-0.2, 0) is 16.6 Å². The van der Waals surface area contributed by atoms with Crippen LogP contribution in [0.1, 0.15) is 58.4 Å². The van der Waals surface area contributed by atoms with Crippen molar-refractivity contribution in [1.82, 2.24) is 4.90 Å². The van der Waals surface area contributed by atoms with Crippen molar-refractivity contribution in [3.63, 3.8) is 0 Å². The SMILES string of the molecule is CO[C@@H]1C[C@H](C(=O)Nc2cc(C(Br)(I)CCC3CC3)ccc2F)N(C(=O)OC(C)(C)C)C1. The molecule has 0 spiro atoms. The highest BCUT2D eigenvalue weighted by atomic mass is 127. The Morgan fingerprint density at radius 1 is 1.31 bits per heavy atom. The first-order chi connectivity index (χ1) is 14.9. The van der Waals surface area contributed by atoms with Gasteiger partial charge in [0.1, 0.15) is 19.8 Å². The van der Waals surface area contributed by atoms with E-state index in [2.05, 4.69) is 43.8 Å². The Kier molecular flexibility index (Phi) is 8.13. The molecule has 1 saturated carbocycles. The summed E-state index contributed by atoms with van der Waals surface area (Å²) in [7, 11) is 1.54. The number of rotatable bonds is 7. The van der Waals surface area contributed by atoms with Crippen LogP contribution >= 0.6 is 38.5 Å². The highest BCUT2D eigenvalue weighted by Crippen LogP contribution is 2.47. The third kappa shape index (κ3) is 6.79. The summed E-state index contributed by atoms with van der Waals surface area (Å²) >= 11 is 6.11. The van der Waals surface area contributed by atoms with E-state index in [0.717, 1.165) is 24.3 Å². The number of nitrogens with zero attached hydrogens (tertiary/aromatic N) is 1. The number of benzene rings is 1. The molecule has 1 aromatic rings. The van der Waals surface area contributed by atoms with Gasteiger partial charge in [-0.05, 0) is 57.2 Å². The summed E-state index contributed by atoms with van der Waals surface area (Å²) in [5, 5.41) is 2.69. The van der Waals surface area contributed by atoms with E-state index in [0.29, 0.717) is 6.42 Å². The van der Waals surface area contributed by atoms with Crippen molar-refractivity contribution in [2.75, 3.05) is 19.0 Å². The van der Waals surface area contributed by atoms with Gasteiger partial charge in [0.15, 0.2) is 0 Å². The van der Waals surface area contributed by atoms with E-state index in [1.54, 1.807) is 40.0 Å². The average molecular weight is 625 g/mol. The minimum atomic E-state index is -0.805. The number of hydrogen-bond donors (Lipinski definition) is 1. The fraction of sp³-hybridized carbons (Fsp3) is 0.652. The molecule has 2 amide bonds. The Hall–Kier alpha value is -0.940. The summed E-state index contributed by atoms with van der Waals surface area (Å²) in [6.45, 7) is 5.55. The first-order valence-electron chi connectivity index (χ1n) is 10.9. The molecule has 6 nitrogen and oxygen atoms in total. The van der Waals surface area contributed by atoms with Crippen LogP contribution in [0.2, 0.25) is 0 Å². The van der Waals surface area contributed by atoms with Gasteiger partial charge < -0.3 is 14.8 Å². The second kappa shape index (κ2) is 10.1. The molecule has 1 aliphatic heterocycles. The molecule has 9 heteroatoms. The fourth-order valence-corrected chi connectivity index (χ4v) is 4.86. The van der Waals surface area contributed by atoms with Crippen LogP contribution in [0.5, 0.6) is 0 Å². The molecule has 3 rings (SSSR count). The van der Waals surface area contributed by atoms with Crippen LogP contribution in [0.3, 0.4) is 0 Å². The number of carbonyl (C=O) groups excluding carboxylic acids is 2. The summed E-state index contributed by atoms with van der Waals surface area (Å²) in [4.78, 5) is 27.1. The molecule has 0 bridgehead atoms. The van der Waals surface area contributed by atoms with E-state index in [-0.39, 0.29) is 20.7 Å². The zero-order valence-corrected chi connectivity index (χ0v) is 22.7. The minimum Gasteiger partial charge on any atom is -0.444 e. The first-order valence-corrected chi connectivity index (χ1v) is 12.8. The summed E-state index contributed by atoms with van der Waals surface area (Å²) in [6, 6.07) is 3.97. The Balaban J connectivity index is 1.74. The lowest BCUT2D eigenvalue weighted by Crippen LogP contribution is -2.45. The average Bonchev–Trinajstić information content (AvgIpc) is 3.42. The van der Waals surface area contributed by atoms with Crippen LogP contribution < -0.4 is 5.32 Å². The second-order valence-corrected chi connectivity index (χ2v) is 14.3. The Morgan fingerprint density at radius 2 is 2.00 bits per heavy atom. The van der Waals surface area contributed by atoms with Gasteiger partial charge >= 0.3 is 6.09 Å². The van der Waals surface area contributed by atoms with Crippen molar-refractivity contribution in [1.29, 1.82) is 0 Å². The number of carbonyl (C=O) groups is 2. The van der Waals surface area contributed by atoms with Gasteiger partial charge in [-0.2, -0.15) is 0 Å². The Labute approximate surface area is 211 Å². The molecule has 32 heavy (non-hydrogen) atoms. The molecule has 3 atom stereocenters. The van der Waals surface area contributed by atoms with Gasteiger partial charge in [-0.25, -0.2) is 9.18 Å². The molecule has 0 radical (unpaired) electrons. The maximum atomic E-state index is 14.6. The minimum absolute atomic E-state index is 0.101. The lowest BCUT2D eigenvalue weighted by atomic mass is 10.0. The van der Waals surface area contributed by atoms with E-state index < -0.39 is 29.5 Å². The fourth-order valence-electron chi connectivity index (χ4n) is 3.74. The highest BCUT2D eigenvalue weighted by Gasteiger charge is 2.42. The number of anilines is 1. The van der Waals surface area contributed by atoms with Gasteiger partial charge in [-0.15, -0.1) is 0 Å².